The van der Waals surface area contributed by atoms with Crippen molar-refractivity contribution >= 4 is 16.6 Å². The molecule has 2 aromatic rings. The van der Waals surface area contributed by atoms with Gasteiger partial charge in [0, 0.05) is 17.0 Å². The number of nitrogens with zero attached hydrogens (tertiary/aromatic N) is 5. The number of rotatable bonds is 3. The zero-order valence-corrected chi connectivity index (χ0v) is 13.2. The molecule has 0 fully saturated rings. The van der Waals surface area contributed by atoms with Gasteiger partial charge in [0.05, 0.1) is 40.5 Å². The van der Waals surface area contributed by atoms with Gasteiger partial charge in [-0.25, -0.2) is 0 Å². The highest BCUT2D eigenvalue weighted by Gasteiger charge is 2.34. The summed E-state index contributed by atoms with van der Waals surface area (Å²) in [6.07, 6.45) is 0. The molecule has 2 unspecified atom stereocenters. The minimum atomic E-state index is -0.500. The number of H-pyrrole nitrogens is 1. The van der Waals surface area contributed by atoms with Crippen LogP contribution in [0.3, 0.4) is 0 Å². The van der Waals surface area contributed by atoms with E-state index in [9.17, 15) is 15.4 Å². The predicted molar refractivity (Wildman–Crippen MR) is 88.9 cm³/mol. The first kappa shape index (κ1) is 15.6. The molecule has 0 bridgehead atoms. The van der Waals surface area contributed by atoms with Gasteiger partial charge in [0.15, 0.2) is 0 Å². The van der Waals surface area contributed by atoms with Crippen LogP contribution in [0.15, 0.2) is 39.6 Å². The van der Waals surface area contributed by atoms with Gasteiger partial charge in [0.25, 0.3) is 0 Å². The Morgan fingerprint density at radius 3 is 2.79 bits per heavy atom. The van der Waals surface area contributed by atoms with E-state index in [1.165, 1.54) is 0 Å². The van der Waals surface area contributed by atoms with E-state index in [2.05, 4.69) is 32.5 Å². The average molecular weight is 318 g/mol. The maximum Gasteiger partial charge on any atom is 0.123 e. The lowest BCUT2D eigenvalue weighted by Gasteiger charge is -2.26. The molecule has 3 rings (SSSR count). The largest absolute Gasteiger partial charge is 0.279 e. The van der Waals surface area contributed by atoms with Crippen LogP contribution in [0.5, 0.6) is 0 Å². The van der Waals surface area contributed by atoms with Crippen LogP contribution in [0.2, 0.25) is 0 Å². The van der Waals surface area contributed by atoms with Crippen molar-refractivity contribution in [1.29, 1.82) is 10.5 Å². The number of aromatic nitrogens is 2. The van der Waals surface area contributed by atoms with Gasteiger partial charge in [0.1, 0.15) is 6.54 Å². The summed E-state index contributed by atoms with van der Waals surface area (Å²) in [6, 6.07) is 10.0. The van der Waals surface area contributed by atoms with Crippen molar-refractivity contribution < 1.29 is 0 Å². The number of aliphatic imine (C=N–C) groups is 1. The van der Waals surface area contributed by atoms with E-state index in [0.29, 0.717) is 28.2 Å². The number of benzene rings is 1. The fourth-order valence-electron chi connectivity index (χ4n) is 3.16. The number of nitroso groups, excluding NO2 is 1. The Morgan fingerprint density at radius 1 is 1.33 bits per heavy atom. The Morgan fingerprint density at radius 2 is 2.12 bits per heavy atom. The highest BCUT2D eigenvalue weighted by molar-refractivity contribution is 5.91. The van der Waals surface area contributed by atoms with Crippen LogP contribution in [0, 0.1) is 33.5 Å². The van der Waals surface area contributed by atoms with E-state index in [1.54, 1.807) is 13.8 Å². The van der Waals surface area contributed by atoms with Crippen LogP contribution in [0.1, 0.15) is 31.0 Å². The van der Waals surface area contributed by atoms with E-state index >= 15 is 0 Å². The highest BCUT2D eigenvalue weighted by atomic mass is 16.3. The molecule has 1 aliphatic rings. The standard InChI is InChI=1S/C17H14N6O/c1-9-13(6-18)17(14(7-19)10(2)21-9)11-3-4-15-12(5-11)16(8-20-24)23-22-15/h3-5,13,17H,8H2,1-2H3,(H,22,23). The van der Waals surface area contributed by atoms with Crippen molar-refractivity contribution in [2.75, 3.05) is 0 Å². The molecule has 2 heterocycles. The summed E-state index contributed by atoms with van der Waals surface area (Å²) in [6.45, 7) is 3.57. The van der Waals surface area contributed by atoms with Gasteiger partial charge < -0.3 is 0 Å². The van der Waals surface area contributed by atoms with Crippen LogP contribution < -0.4 is 0 Å². The van der Waals surface area contributed by atoms with E-state index in [0.717, 1.165) is 10.9 Å². The molecule has 7 nitrogen and oxygen atoms in total. The fourth-order valence-corrected chi connectivity index (χ4v) is 3.16. The first-order valence-corrected chi connectivity index (χ1v) is 7.42. The lowest BCUT2D eigenvalue weighted by Crippen LogP contribution is -2.24. The Kier molecular flexibility index (Phi) is 3.93. The zero-order chi connectivity index (χ0) is 17.3. The molecule has 1 aromatic heterocycles. The summed E-state index contributed by atoms with van der Waals surface area (Å²) in [7, 11) is 0. The van der Waals surface area contributed by atoms with Gasteiger partial charge >= 0.3 is 0 Å². The molecule has 0 radical (unpaired) electrons. The topological polar surface area (TPSA) is 118 Å². The molecule has 0 spiro atoms. The monoisotopic (exact) mass is 318 g/mol. The molecule has 1 aliphatic heterocycles. The first-order chi connectivity index (χ1) is 11.6. The van der Waals surface area contributed by atoms with Crippen LogP contribution in [-0.2, 0) is 6.54 Å². The third-order valence-electron chi connectivity index (χ3n) is 4.33. The van der Waals surface area contributed by atoms with Crippen molar-refractivity contribution in [2.45, 2.75) is 26.3 Å². The number of aromatic amines is 1. The van der Waals surface area contributed by atoms with Gasteiger partial charge in [-0.1, -0.05) is 11.2 Å². The maximum absolute atomic E-state index is 10.6. The molecular weight excluding hydrogens is 304 g/mol. The molecule has 0 aliphatic carbocycles. The van der Waals surface area contributed by atoms with Crippen molar-refractivity contribution in [1.82, 2.24) is 10.2 Å². The minimum Gasteiger partial charge on any atom is -0.279 e. The van der Waals surface area contributed by atoms with Gasteiger partial charge in [-0.15, -0.1) is 0 Å². The van der Waals surface area contributed by atoms with Gasteiger partial charge in [-0.05, 0) is 31.5 Å². The first-order valence-electron chi connectivity index (χ1n) is 7.42. The quantitative estimate of drug-likeness (QED) is 0.873. The number of hydrogen-bond acceptors (Lipinski definition) is 6. The minimum absolute atomic E-state index is 0.00718. The summed E-state index contributed by atoms with van der Waals surface area (Å²) >= 11 is 0. The lowest BCUT2D eigenvalue weighted by atomic mass is 9.76. The summed E-state index contributed by atoms with van der Waals surface area (Å²) in [5, 5.41) is 29.7. The van der Waals surface area contributed by atoms with Crippen LogP contribution in [-0.4, -0.2) is 15.9 Å². The second kappa shape index (κ2) is 6.05. The lowest BCUT2D eigenvalue weighted by molar-refractivity contribution is 0.704. The SMILES string of the molecule is CC1=NC(C)=C(C#N)C(c2ccc3n[nH]c(CN=O)c3c2)C1C#N. The number of allylic oxidation sites excluding steroid dienone is 2. The second-order valence-electron chi connectivity index (χ2n) is 5.71. The van der Waals surface area contributed by atoms with Crippen molar-refractivity contribution in [3.8, 4) is 12.1 Å². The number of nitriles is 2. The fraction of sp³-hybridized carbons (Fsp3) is 0.294. The summed E-state index contributed by atoms with van der Waals surface area (Å²) in [4.78, 5) is 14.9. The van der Waals surface area contributed by atoms with Gasteiger partial charge in [-0.3, -0.25) is 10.1 Å². The molecule has 0 amide bonds. The maximum atomic E-state index is 10.6. The predicted octanol–water partition coefficient (Wildman–Crippen LogP) is 3.32. The van der Waals surface area contributed by atoms with E-state index in [4.69, 9.17) is 0 Å². The third kappa shape index (κ3) is 2.37. The van der Waals surface area contributed by atoms with E-state index in [-0.39, 0.29) is 12.5 Å². The Labute approximate surface area is 138 Å². The average Bonchev–Trinajstić information content (AvgIpc) is 2.97. The Hall–Kier alpha value is -3.32. The molecule has 0 saturated carbocycles. The normalized spacial score (nSPS) is 20.4. The molecule has 7 heteroatoms. The van der Waals surface area contributed by atoms with Gasteiger partial charge in [-0.2, -0.15) is 20.5 Å². The molecule has 2 atom stereocenters. The van der Waals surface area contributed by atoms with E-state index < -0.39 is 5.92 Å². The van der Waals surface area contributed by atoms with Crippen molar-refractivity contribution in [3.05, 3.63) is 45.6 Å². The second-order valence-corrected chi connectivity index (χ2v) is 5.71. The smallest absolute Gasteiger partial charge is 0.123 e. The number of hydrogen-bond donors (Lipinski definition) is 1. The Balaban J connectivity index is 2.19. The number of fused-ring (bicyclic) bond motifs is 1. The van der Waals surface area contributed by atoms with Crippen molar-refractivity contribution in [3.63, 3.8) is 0 Å². The van der Waals surface area contributed by atoms with Crippen LogP contribution in [0.25, 0.3) is 10.9 Å². The molecular formula is C17H14N6O. The molecule has 1 aromatic carbocycles. The summed E-state index contributed by atoms with van der Waals surface area (Å²) in [5.74, 6) is -0.880. The summed E-state index contributed by atoms with van der Waals surface area (Å²) < 4.78 is 0. The third-order valence-corrected chi connectivity index (χ3v) is 4.33. The molecule has 0 saturated heterocycles. The van der Waals surface area contributed by atoms with Crippen LogP contribution in [0.4, 0.5) is 0 Å². The van der Waals surface area contributed by atoms with Gasteiger partial charge in [0.2, 0.25) is 0 Å². The zero-order valence-electron chi connectivity index (χ0n) is 13.2. The molecule has 1 N–H and O–H groups in total. The van der Waals surface area contributed by atoms with Crippen LogP contribution >= 0.6 is 0 Å². The summed E-state index contributed by atoms with van der Waals surface area (Å²) in [5.41, 5.74) is 3.98. The Bertz CT molecular complexity index is 969. The molecule has 24 heavy (non-hydrogen) atoms. The van der Waals surface area contributed by atoms with E-state index in [1.807, 2.05) is 18.2 Å². The van der Waals surface area contributed by atoms with Crippen molar-refractivity contribution in [2.24, 2.45) is 16.1 Å². The highest BCUT2D eigenvalue weighted by Crippen LogP contribution is 2.39. The number of nitrogens with one attached hydrogen (secondary N) is 1. The molecule has 118 valence electrons.